The average Bonchev–Trinajstić information content (AvgIpc) is 2.25. The Kier molecular flexibility index (Phi) is 8.36. The number of hydrogen-bond donors (Lipinski definition) is 3. The number of hydrogen-bond acceptors (Lipinski definition) is 3. The molecule has 2 amide bonds. The Morgan fingerprint density at radius 2 is 1.89 bits per heavy atom. The van der Waals surface area contributed by atoms with E-state index in [9.17, 15) is 13.8 Å². The Hall–Kier alpha value is -1.11. The molecule has 0 radical (unpaired) electrons. The van der Waals surface area contributed by atoms with Crippen LogP contribution in [0.1, 0.15) is 26.7 Å². The van der Waals surface area contributed by atoms with Gasteiger partial charge in [-0.2, -0.15) is 0 Å². The van der Waals surface area contributed by atoms with Crippen LogP contribution in [0.2, 0.25) is 0 Å². The molecule has 0 bridgehead atoms. The number of urea groups is 1. The molecule has 0 aromatic heterocycles. The van der Waals surface area contributed by atoms with Crippen molar-refractivity contribution in [1.29, 1.82) is 0 Å². The van der Waals surface area contributed by atoms with Crippen molar-refractivity contribution >= 4 is 22.8 Å². The zero-order valence-corrected chi connectivity index (χ0v) is 11.9. The van der Waals surface area contributed by atoms with Crippen molar-refractivity contribution in [2.75, 3.05) is 19.3 Å². The minimum absolute atomic E-state index is 0.0339. The highest BCUT2D eigenvalue weighted by Gasteiger charge is 2.10. The second kappa shape index (κ2) is 8.91. The fourth-order valence-electron chi connectivity index (χ4n) is 1.25. The molecule has 0 spiro atoms. The zero-order chi connectivity index (χ0) is 14.1. The van der Waals surface area contributed by atoms with E-state index in [1.165, 1.54) is 0 Å². The highest BCUT2D eigenvalue weighted by atomic mass is 32.2. The van der Waals surface area contributed by atoms with Crippen LogP contribution in [0.15, 0.2) is 0 Å². The van der Waals surface area contributed by atoms with Crippen molar-refractivity contribution in [2.24, 2.45) is 5.92 Å². The van der Waals surface area contributed by atoms with Gasteiger partial charge in [0.25, 0.3) is 0 Å². The van der Waals surface area contributed by atoms with Gasteiger partial charge >= 0.3 is 12.0 Å². The number of nitrogens with one attached hydrogen (secondary N) is 2. The molecule has 0 aromatic rings. The van der Waals surface area contributed by atoms with E-state index in [4.69, 9.17) is 5.11 Å². The first-order valence-electron chi connectivity index (χ1n) is 5.88. The van der Waals surface area contributed by atoms with Crippen molar-refractivity contribution in [3.05, 3.63) is 0 Å². The number of carbonyl (C=O) groups excluding carboxylic acids is 1. The third kappa shape index (κ3) is 8.98. The predicted octanol–water partition coefficient (Wildman–Crippen LogP) is 0.554. The minimum Gasteiger partial charge on any atom is -0.481 e. The van der Waals surface area contributed by atoms with Gasteiger partial charge in [-0.1, -0.05) is 13.8 Å². The van der Waals surface area contributed by atoms with Gasteiger partial charge in [-0.15, -0.1) is 0 Å². The number of carbonyl (C=O) groups is 2. The summed E-state index contributed by atoms with van der Waals surface area (Å²) >= 11 is 0. The van der Waals surface area contributed by atoms with E-state index in [0.717, 1.165) is 0 Å². The predicted molar refractivity (Wildman–Crippen MR) is 71.0 cm³/mol. The molecule has 0 heterocycles. The average molecular weight is 278 g/mol. The lowest BCUT2D eigenvalue weighted by atomic mass is 10.1. The van der Waals surface area contributed by atoms with Crippen LogP contribution in [-0.2, 0) is 15.6 Å². The molecule has 106 valence electrons. The Morgan fingerprint density at radius 1 is 1.28 bits per heavy atom. The summed E-state index contributed by atoms with van der Waals surface area (Å²) in [5, 5.41) is 13.8. The van der Waals surface area contributed by atoms with Gasteiger partial charge in [-0.05, 0) is 12.3 Å². The monoisotopic (exact) mass is 278 g/mol. The summed E-state index contributed by atoms with van der Waals surface area (Å²) in [5.41, 5.74) is 0. The Balaban J connectivity index is 3.66. The molecule has 0 rings (SSSR count). The van der Waals surface area contributed by atoms with Crippen LogP contribution in [-0.4, -0.2) is 45.9 Å². The Morgan fingerprint density at radius 3 is 2.39 bits per heavy atom. The largest absolute Gasteiger partial charge is 0.481 e. The lowest BCUT2D eigenvalue weighted by Gasteiger charge is -2.12. The molecule has 0 aliphatic heterocycles. The van der Waals surface area contributed by atoms with E-state index >= 15 is 0 Å². The SMILES string of the molecule is CC(CNC(=O)NCCC(C)S(C)=O)CC(=O)O. The van der Waals surface area contributed by atoms with Gasteiger partial charge in [-0.25, -0.2) is 4.79 Å². The smallest absolute Gasteiger partial charge is 0.314 e. The van der Waals surface area contributed by atoms with Crippen molar-refractivity contribution in [1.82, 2.24) is 10.6 Å². The van der Waals surface area contributed by atoms with E-state index < -0.39 is 16.8 Å². The van der Waals surface area contributed by atoms with Crippen LogP contribution < -0.4 is 10.6 Å². The first-order valence-corrected chi connectivity index (χ1v) is 7.50. The quantitative estimate of drug-likeness (QED) is 0.604. The summed E-state index contributed by atoms with van der Waals surface area (Å²) < 4.78 is 11.1. The van der Waals surface area contributed by atoms with Gasteiger partial charge < -0.3 is 15.7 Å². The number of carboxylic acids is 1. The van der Waals surface area contributed by atoms with Gasteiger partial charge in [0.05, 0.1) is 0 Å². The van der Waals surface area contributed by atoms with Crippen LogP contribution >= 0.6 is 0 Å². The molecule has 3 unspecified atom stereocenters. The molecular formula is C11H22N2O4S. The van der Waals surface area contributed by atoms with E-state index in [1.807, 2.05) is 6.92 Å². The van der Waals surface area contributed by atoms with E-state index in [1.54, 1.807) is 13.2 Å². The molecular weight excluding hydrogens is 256 g/mol. The van der Waals surface area contributed by atoms with Gasteiger partial charge in [0, 0.05) is 41.8 Å². The zero-order valence-electron chi connectivity index (χ0n) is 11.1. The second-order valence-corrected chi connectivity index (χ2v) is 6.24. The lowest BCUT2D eigenvalue weighted by Crippen LogP contribution is -2.39. The Bertz CT molecular complexity index is 309. The Labute approximate surface area is 110 Å². The van der Waals surface area contributed by atoms with E-state index in [0.29, 0.717) is 19.5 Å². The van der Waals surface area contributed by atoms with Crippen LogP contribution in [0, 0.1) is 5.92 Å². The second-order valence-electron chi connectivity index (χ2n) is 4.44. The maximum Gasteiger partial charge on any atom is 0.314 e. The summed E-state index contributed by atoms with van der Waals surface area (Å²) in [6.07, 6.45) is 2.33. The molecule has 6 nitrogen and oxygen atoms in total. The number of aliphatic carboxylic acids is 1. The molecule has 7 heteroatoms. The fraction of sp³-hybridized carbons (Fsp3) is 0.818. The first kappa shape index (κ1) is 16.9. The molecule has 0 saturated carbocycles. The van der Waals surface area contributed by atoms with Gasteiger partial charge in [0.2, 0.25) is 0 Å². The molecule has 0 aromatic carbocycles. The summed E-state index contributed by atoms with van der Waals surface area (Å²) in [6.45, 7) is 4.41. The van der Waals surface area contributed by atoms with Gasteiger partial charge in [-0.3, -0.25) is 9.00 Å². The third-order valence-corrected chi connectivity index (χ3v) is 3.91. The summed E-state index contributed by atoms with van der Waals surface area (Å²) in [7, 11) is -0.880. The standard InChI is InChI=1S/C11H22N2O4S/c1-8(6-10(14)15)7-13-11(16)12-5-4-9(2)18(3)17/h8-9H,4-7H2,1-3H3,(H,14,15)(H2,12,13,16). The van der Waals surface area contributed by atoms with E-state index in [-0.39, 0.29) is 23.6 Å². The normalized spacial score (nSPS) is 15.5. The number of carboxylic acid groups (broad SMARTS) is 1. The molecule has 0 aliphatic rings. The van der Waals surface area contributed by atoms with Gasteiger partial charge in [0.1, 0.15) is 0 Å². The topological polar surface area (TPSA) is 95.5 Å². The molecule has 0 aliphatic carbocycles. The minimum atomic E-state index is -0.880. The maximum atomic E-state index is 11.3. The van der Waals surface area contributed by atoms with Crippen LogP contribution in [0.5, 0.6) is 0 Å². The fourth-order valence-corrected chi connectivity index (χ4v) is 1.70. The summed E-state index contributed by atoms with van der Waals surface area (Å²) in [4.78, 5) is 21.7. The van der Waals surface area contributed by atoms with Crippen molar-refractivity contribution in [3.8, 4) is 0 Å². The molecule has 0 saturated heterocycles. The molecule has 0 fully saturated rings. The van der Waals surface area contributed by atoms with Crippen molar-refractivity contribution in [2.45, 2.75) is 31.9 Å². The molecule has 18 heavy (non-hydrogen) atoms. The molecule has 3 N–H and O–H groups in total. The van der Waals surface area contributed by atoms with E-state index in [2.05, 4.69) is 10.6 Å². The van der Waals surface area contributed by atoms with Crippen LogP contribution in [0.25, 0.3) is 0 Å². The number of amides is 2. The summed E-state index contributed by atoms with van der Waals surface area (Å²) in [5.74, 6) is -0.973. The maximum absolute atomic E-state index is 11.3. The highest BCUT2D eigenvalue weighted by Crippen LogP contribution is 1.99. The third-order valence-electron chi connectivity index (χ3n) is 2.54. The van der Waals surface area contributed by atoms with Crippen molar-refractivity contribution < 1.29 is 18.9 Å². The lowest BCUT2D eigenvalue weighted by molar-refractivity contribution is -0.137. The van der Waals surface area contributed by atoms with Crippen LogP contribution in [0.3, 0.4) is 0 Å². The van der Waals surface area contributed by atoms with Gasteiger partial charge in [0.15, 0.2) is 0 Å². The first-order chi connectivity index (χ1) is 8.32. The number of rotatable bonds is 8. The van der Waals surface area contributed by atoms with Crippen LogP contribution in [0.4, 0.5) is 4.79 Å². The van der Waals surface area contributed by atoms with Crippen molar-refractivity contribution in [3.63, 3.8) is 0 Å². The highest BCUT2D eigenvalue weighted by molar-refractivity contribution is 7.84. The summed E-state index contributed by atoms with van der Waals surface area (Å²) in [6, 6.07) is -0.318. The molecule has 3 atom stereocenters.